The Morgan fingerprint density at radius 3 is 3.18 bits per heavy atom. The predicted octanol–water partition coefficient (Wildman–Crippen LogP) is -0.889. The third-order valence-electron chi connectivity index (χ3n) is 1.70. The number of carbonyl (C=O) groups excluding carboxylic acids is 1. The first-order valence-corrected chi connectivity index (χ1v) is 3.86. The van der Waals surface area contributed by atoms with Crippen LogP contribution in [0, 0.1) is 0 Å². The van der Waals surface area contributed by atoms with Gasteiger partial charge >= 0.3 is 0 Å². The first-order valence-electron chi connectivity index (χ1n) is 3.86. The summed E-state index contributed by atoms with van der Waals surface area (Å²) >= 11 is 0. The Bertz CT molecular complexity index is 132. The van der Waals surface area contributed by atoms with Crippen LogP contribution in [0.25, 0.3) is 0 Å². The molecule has 1 aliphatic rings. The molecule has 64 valence electrons. The lowest BCUT2D eigenvalue weighted by molar-refractivity contribution is -0.123. The standard InChI is InChI=1S/C7H14N2O2/c1-8-7(10)4-6-5-9-2-3-11-6/h6,9H,2-5H2,1H3,(H,8,10). The Labute approximate surface area is 66.3 Å². The monoisotopic (exact) mass is 158 g/mol. The number of rotatable bonds is 2. The van der Waals surface area contributed by atoms with Crippen LogP contribution in [0.1, 0.15) is 6.42 Å². The molecule has 1 heterocycles. The fourth-order valence-electron chi connectivity index (χ4n) is 1.06. The van der Waals surface area contributed by atoms with Crippen LogP contribution in [0.5, 0.6) is 0 Å². The minimum Gasteiger partial charge on any atom is -0.375 e. The van der Waals surface area contributed by atoms with Crippen molar-refractivity contribution in [2.75, 3.05) is 26.7 Å². The van der Waals surface area contributed by atoms with E-state index in [1.54, 1.807) is 7.05 Å². The van der Waals surface area contributed by atoms with Gasteiger partial charge < -0.3 is 15.4 Å². The zero-order valence-electron chi connectivity index (χ0n) is 6.72. The molecule has 0 bridgehead atoms. The van der Waals surface area contributed by atoms with E-state index in [1.807, 2.05) is 0 Å². The summed E-state index contributed by atoms with van der Waals surface area (Å²) in [6, 6.07) is 0. The first kappa shape index (κ1) is 8.49. The maximum absolute atomic E-state index is 10.9. The van der Waals surface area contributed by atoms with E-state index in [0.29, 0.717) is 13.0 Å². The van der Waals surface area contributed by atoms with Crippen molar-refractivity contribution in [1.29, 1.82) is 0 Å². The Morgan fingerprint density at radius 2 is 2.64 bits per heavy atom. The van der Waals surface area contributed by atoms with Gasteiger partial charge in [0.05, 0.1) is 19.1 Å². The van der Waals surface area contributed by atoms with Crippen molar-refractivity contribution in [3.63, 3.8) is 0 Å². The van der Waals surface area contributed by atoms with E-state index in [9.17, 15) is 4.79 Å². The zero-order valence-corrected chi connectivity index (χ0v) is 6.72. The highest BCUT2D eigenvalue weighted by Gasteiger charge is 2.15. The molecule has 0 spiro atoms. The van der Waals surface area contributed by atoms with Gasteiger partial charge in [0.1, 0.15) is 0 Å². The molecule has 4 nitrogen and oxygen atoms in total. The molecule has 1 amide bonds. The largest absolute Gasteiger partial charge is 0.375 e. The maximum Gasteiger partial charge on any atom is 0.222 e. The van der Waals surface area contributed by atoms with Crippen LogP contribution in [0.4, 0.5) is 0 Å². The summed E-state index contributed by atoms with van der Waals surface area (Å²) in [6.07, 6.45) is 0.521. The van der Waals surface area contributed by atoms with Gasteiger partial charge in [-0.2, -0.15) is 0 Å². The van der Waals surface area contributed by atoms with Gasteiger partial charge in [0.25, 0.3) is 0 Å². The summed E-state index contributed by atoms with van der Waals surface area (Å²) in [5, 5.41) is 5.72. The zero-order chi connectivity index (χ0) is 8.10. The van der Waals surface area contributed by atoms with E-state index in [1.165, 1.54) is 0 Å². The number of nitrogens with one attached hydrogen (secondary N) is 2. The predicted molar refractivity (Wildman–Crippen MR) is 41.3 cm³/mol. The molecule has 1 aliphatic heterocycles. The quantitative estimate of drug-likeness (QED) is 0.548. The van der Waals surface area contributed by atoms with Crippen molar-refractivity contribution in [3.05, 3.63) is 0 Å². The number of amides is 1. The van der Waals surface area contributed by atoms with E-state index in [0.717, 1.165) is 13.1 Å². The molecule has 1 fully saturated rings. The Kier molecular flexibility index (Phi) is 3.32. The van der Waals surface area contributed by atoms with Crippen LogP contribution in [0.3, 0.4) is 0 Å². The number of carbonyl (C=O) groups is 1. The minimum atomic E-state index is 0.0405. The Morgan fingerprint density at radius 1 is 1.82 bits per heavy atom. The maximum atomic E-state index is 10.9. The average molecular weight is 158 g/mol. The lowest BCUT2D eigenvalue weighted by atomic mass is 10.2. The number of ether oxygens (including phenoxy) is 1. The SMILES string of the molecule is CNC(=O)CC1CNCCO1. The van der Waals surface area contributed by atoms with Crippen molar-refractivity contribution in [3.8, 4) is 0 Å². The second kappa shape index (κ2) is 4.31. The van der Waals surface area contributed by atoms with E-state index in [-0.39, 0.29) is 12.0 Å². The minimum absolute atomic E-state index is 0.0405. The van der Waals surface area contributed by atoms with Crippen molar-refractivity contribution < 1.29 is 9.53 Å². The highest BCUT2D eigenvalue weighted by molar-refractivity contribution is 5.76. The van der Waals surface area contributed by atoms with Crippen molar-refractivity contribution >= 4 is 5.91 Å². The normalized spacial score (nSPS) is 24.6. The van der Waals surface area contributed by atoms with Crippen molar-refractivity contribution in [2.45, 2.75) is 12.5 Å². The van der Waals surface area contributed by atoms with Gasteiger partial charge in [0, 0.05) is 20.1 Å². The molecular weight excluding hydrogens is 144 g/mol. The molecule has 1 unspecified atom stereocenters. The third-order valence-corrected chi connectivity index (χ3v) is 1.70. The molecular formula is C7H14N2O2. The summed E-state index contributed by atoms with van der Waals surface area (Å²) in [5.41, 5.74) is 0. The molecule has 0 aromatic heterocycles. The van der Waals surface area contributed by atoms with Gasteiger partial charge in [-0.15, -0.1) is 0 Å². The second-order valence-corrected chi connectivity index (χ2v) is 2.57. The van der Waals surface area contributed by atoms with Gasteiger partial charge in [-0.25, -0.2) is 0 Å². The Hall–Kier alpha value is -0.610. The van der Waals surface area contributed by atoms with Crippen LogP contribution in [-0.4, -0.2) is 38.8 Å². The average Bonchev–Trinajstić information content (AvgIpc) is 2.06. The second-order valence-electron chi connectivity index (χ2n) is 2.57. The summed E-state index contributed by atoms with van der Waals surface area (Å²) < 4.78 is 5.33. The number of hydrogen-bond acceptors (Lipinski definition) is 3. The lowest BCUT2D eigenvalue weighted by Gasteiger charge is -2.22. The van der Waals surface area contributed by atoms with E-state index < -0.39 is 0 Å². The van der Waals surface area contributed by atoms with Gasteiger partial charge in [-0.3, -0.25) is 4.79 Å². The smallest absolute Gasteiger partial charge is 0.222 e. The van der Waals surface area contributed by atoms with Gasteiger partial charge in [0.2, 0.25) is 5.91 Å². The summed E-state index contributed by atoms with van der Waals surface area (Å²) in [6.45, 7) is 2.39. The highest BCUT2D eigenvalue weighted by atomic mass is 16.5. The fourth-order valence-corrected chi connectivity index (χ4v) is 1.06. The molecule has 0 radical (unpaired) electrons. The van der Waals surface area contributed by atoms with Crippen molar-refractivity contribution in [2.24, 2.45) is 0 Å². The molecule has 0 aromatic rings. The molecule has 4 heteroatoms. The lowest BCUT2D eigenvalue weighted by Crippen LogP contribution is -2.40. The van der Waals surface area contributed by atoms with Gasteiger partial charge in [-0.1, -0.05) is 0 Å². The molecule has 0 saturated carbocycles. The molecule has 1 rings (SSSR count). The van der Waals surface area contributed by atoms with Gasteiger partial charge in [0.15, 0.2) is 0 Å². The highest BCUT2D eigenvalue weighted by Crippen LogP contribution is 2.00. The molecule has 1 saturated heterocycles. The molecule has 0 aliphatic carbocycles. The number of morpholine rings is 1. The van der Waals surface area contributed by atoms with Crippen LogP contribution in [-0.2, 0) is 9.53 Å². The first-order chi connectivity index (χ1) is 5.33. The van der Waals surface area contributed by atoms with E-state index >= 15 is 0 Å². The van der Waals surface area contributed by atoms with Crippen LogP contribution in [0.15, 0.2) is 0 Å². The van der Waals surface area contributed by atoms with Gasteiger partial charge in [-0.05, 0) is 0 Å². The molecule has 11 heavy (non-hydrogen) atoms. The summed E-state index contributed by atoms with van der Waals surface area (Å²) in [4.78, 5) is 10.9. The summed E-state index contributed by atoms with van der Waals surface area (Å²) in [7, 11) is 1.64. The molecule has 1 atom stereocenters. The van der Waals surface area contributed by atoms with E-state index in [4.69, 9.17) is 4.74 Å². The fraction of sp³-hybridized carbons (Fsp3) is 0.857. The molecule has 0 aromatic carbocycles. The molecule has 2 N–H and O–H groups in total. The number of hydrogen-bond donors (Lipinski definition) is 2. The third kappa shape index (κ3) is 2.86. The van der Waals surface area contributed by atoms with Crippen LogP contribution >= 0.6 is 0 Å². The topological polar surface area (TPSA) is 50.4 Å². The van der Waals surface area contributed by atoms with Crippen LogP contribution < -0.4 is 10.6 Å². The van der Waals surface area contributed by atoms with E-state index in [2.05, 4.69) is 10.6 Å². The van der Waals surface area contributed by atoms with Crippen LogP contribution in [0.2, 0.25) is 0 Å². The van der Waals surface area contributed by atoms with Crippen molar-refractivity contribution in [1.82, 2.24) is 10.6 Å². The Balaban J connectivity index is 2.19. The summed E-state index contributed by atoms with van der Waals surface area (Å²) in [5.74, 6) is 0.0405.